The smallest absolute Gasteiger partial charge is 0.223 e. The number of nitrogens with zero attached hydrogens (tertiary/aromatic N) is 2. The Hall–Kier alpha value is -1.46. The number of rotatable bonds is 4. The average Bonchev–Trinajstić information content (AvgIpc) is 2.94. The molecule has 1 aromatic heterocycles. The minimum absolute atomic E-state index is 0.00402. The number of carbonyl (C=O) groups excluding carboxylic acids is 1. The first-order valence-corrected chi connectivity index (χ1v) is 10.5. The van der Waals surface area contributed by atoms with Gasteiger partial charge in [-0.15, -0.1) is 0 Å². The van der Waals surface area contributed by atoms with Crippen LogP contribution in [0.4, 0.5) is 0 Å². The number of hydrogen-bond donors (Lipinski definition) is 2. The molecule has 6 rings (SSSR count). The van der Waals surface area contributed by atoms with Crippen LogP contribution in [0.1, 0.15) is 50.5 Å². The summed E-state index contributed by atoms with van der Waals surface area (Å²) in [5.74, 6) is 1.48. The Morgan fingerprint density at radius 1 is 1.15 bits per heavy atom. The summed E-state index contributed by atoms with van der Waals surface area (Å²) >= 11 is 0. The zero-order chi connectivity index (χ0) is 18.6. The number of aliphatic hydroxyl groups is 2. The molecule has 1 amide bonds. The summed E-state index contributed by atoms with van der Waals surface area (Å²) in [7, 11) is 0. The third-order valence-corrected chi connectivity index (χ3v) is 7.68. The number of hydrogen-bond acceptors (Lipinski definition) is 4. The lowest BCUT2D eigenvalue weighted by molar-refractivity contribution is -0.171. The Balaban J connectivity index is 1.24. The molecule has 5 heteroatoms. The molecule has 146 valence electrons. The summed E-state index contributed by atoms with van der Waals surface area (Å²) in [5, 5.41) is 21.4. The molecule has 4 bridgehead atoms. The summed E-state index contributed by atoms with van der Waals surface area (Å²) in [4.78, 5) is 19.0. The second kappa shape index (κ2) is 6.28. The van der Waals surface area contributed by atoms with E-state index in [4.69, 9.17) is 0 Å². The molecule has 2 N–H and O–H groups in total. The average molecular weight is 370 g/mol. The summed E-state index contributed by atoms with van der Waals surface area (Å²) in [6.45, 7) is 1.08. The normalized spacial score (nSPS) is 42.7. The van der Waals surface area contributed by atoms with Gasteiger partial charge >= 0.3 is 0 Å². The van der Waals surface area contributed by atoms with Gasteiger partial charge in [0.1, 0.15) is 0 Å². The lowest BCUT2D eigenvalue weighted by Crippen LogP contribution is -2.56. The van der Waals surface area contributed by atoms with Crippen molar-refractivity contribution >= 4 is 5.91 Å². The number of carbonyl (C=O) groups is 1. The van der Waals surface area contributed by atoms with Crippen LogP contribution in [0.2, 0.25) is 0 Å². The maximum atomic E-state index is 13.1. The van der Waals surface area contributed by atoms with Crippen molar-refractivity contribution in [3.8, 4) is 0 Å². The van der Waals surface area contributed by atoms with Crippen molar-refractivity contribution in [2.75, 3.05) is 13.1 Å². The van der Waals surface area contributed by atoms with E-state index in [9.17, 15) is 15.0 Å². The fourth-order valence-corrected chi connectivity index (χ4v) is 7.12. The van der Waals surface area contributed by atoms with E-state index in [0.717, 1.165) is 44.1 Å². The van der Waals surface area contributed by atoms with Crippen molar-refractivity contribution in [3.05, 3.63) is 30.1 Å². The van der Waals surface area contributed by atoms with Crippen molar-refractivity contribution in [1.29, 1.82) is 0 Å². The molecule has 0 spiro atoms. The van der Waals surface area contributed by atoms with Gasteiger partial charge in [0.05, 0.1) is 11.7 Å². The highest BCUT2D eigenvalue weighted by Crippen LogP contribution is 2.62. The topological polar surface area (TPSA) is 73.7 Å². The summed E-state index contributed by atoms with van der Waals surface area (Å²) in [6.07, 6.45) is 10.6. The molecule has 0 aromatic carbocycles. The van der Waals surface area contributed by atoms with Gasteiger partial charge in [0.2, 0.25) is 5.91 Å². The number of aromatic nitrogens is 1. The Kier molecular flexibility index (Phi) is 4.10. The van der Waals surface area contributed by atoms with Gasteiger partial charge in [-0.2, -0.15) is 0 Å². The van der Waals surface area contributed by atoms with Gasteiger partial charge in [-0.3, -0.25) is 9.78 Å². The molecule has 2 heterocycles. The summed E-state index contributed by atoms with van der Waals surface area (Å²) < 4.78 is 0. The van der Waals surface area contributed by atoms with Crippen molar-refractivity contribution in [1.82, 2.24) is 9.88 Å². The van der Waals surface area contributed by atoms with Crippen LogP contribution in [0.3, 0.4) is 0 Å². The van der Waals surface area contributed by atoms with E-state index in [-0.39, 0.29) is 17.2 Å². The van der Waals surface area contributed by atoms with Crippen molar-refractivity contribution in [3.63, 3.8) is 0 Å². The highest BCUT2D eigenvalue weighted by atomic mass is 16.3. The van der Waals surface area contributed by atoms with Gasteiger partial charge < -0.3 is 15.1 Å². The number of amides is 1. The van der Waals surface area contributed by atoms with Gasteiger partial charge in [0.15, 0.2) is 0 Å². The standard InChI is InChI=1S/C22H30N2O3/c25-19-13-24(12-18(19)6-15-1-3-23-4-2-15)20(26)11-21-7-16-5-17(8-21)10-22(27,9-16)14-21/h1-4,16-19,25,27H,5-14H2/t16?,17?,18-,19-,21?,22?/m1/s1. The molecule has 5 aliphatic rings. The summed E-state index contributed by atoms with van der Waals surface area (Å²) in [5.41, 5.74) is 0.648. The molecule has 1 aromatic rings. The Labute approximate surface area is 160 Å². The molecule has 5 fully saturated rings. The Bertz CT molecular complexity index is 708. The highest BCUT2D eigenvalue weighted by molar-refractivity contribution is 5.77. The van der Waals surface area contributed by atoms with Crippen LogP contribution in [0.25, 0.3) is 0 Å². The van der Waals surface area contributed by atoms with E-state index >= 15 is 0 Å². The van der Waals surface area contributed by atoms with Crippen LogP contribution in [-0.4, -0.2) is 50.8 Å². The van der Waals surface area contributed by atoms with Gasteiger partial charge in [0.25, 0.3) is 0 Å². The van der Waals surface area contributed by atoms with Crippen LogP contribution >= 0.6 is 0 Å². The maximum Gasteiger partial charge on any atom is 0.223 e. The number of likely N-dealkylation sites (tertiary alicyclic amines) is 1. The van der Waals surface area contributed by atoms with E-state index in [1.165, 1.54) is 6.42 Å². The largest absolute Gasteiger partial charge is 0.391 e. The molecule has 4 aliphatic carbocycles. The first-order valence-electron chi connectivity index (χ1n) is 10.5. The highest BCUT2D eigenvalue weighted by Gasteiger charge is 2.57. The zero-order valence-corrected chi connectivity index (χ0v) is 15.9. The van der Waals surface area contributed by atoms with Crippen LogP contribution in [0.5, 0.6) is 0 Å². The lowest BCUT2D eigenvalue weighted by atomic mass is 9.47. The lowest BCUT2D eigenvalue weighted by Gasteiger charge is -2.60. The fourth-order valence-electron chi connectivity index (χ4n) is 7.12. The third kappa shape index (κ3) is 3.29. The quantitative estimate of drug-likeness (QED) is 0.852. The zero-order valence-electron chi connectivity index (χ0n) is 15.9. The van der Waals surface area contributed by atoms with E-state index in [2.05, 4.69) is 4.98 Å². The van der Waals surface area contributed by atoms with Gasteiger partial charge in [-0.05, 0) is 79.9 Å². The van der Waals surface area contributed by atoms with Gasteiger partial charge in [0, 0.05) is 37.8 Å². The van der Waals surface area contributed by atoms with Crippen LogP contribution < -0.4 is 0 Å². The molecule has 1 aliphatic heterocycles. The predicted octanol–water partition coefficient (Wildman–Crippen LogP) is 2.16. The maximum absolute atomic E-state index is 13.1. The molecule has 2 unspecified atom stereocenters. The van der Waals surface area contributed by atoms with Crippen molar-refractivity contribution in [2.45, 2.75) is 63.1 Å². The second-order valence-corrected chi connectivity index (χ2v) is 10.0. The Morgan fingerprint density at radius 3 is 2.52 bits per heavy atom. The SMILES string of the molecule is O=C(CC12CC3CC(CC(O)(C3)C1)C2)N1C[C@@H](Cc2ccncc2)[C@H](O)C1. The number of aliphatic hydroxyl groups excluding tert-OH is 1. The first-order chi connectivity index (χ1) is 12.9. The number of β-amino-alcohol motifs (C(OH)–C–C–N with tert-alkyl or cyclic N) is 1. The monoisotopic (exact) mass is 370 g/mol. The fraction of sp³-hybridized carbons (Fsp3) is 0.727. The minimum atomic E-state index is -0.515. The number of pyridine rings is 1. The molecular formula is C22H30N2O3. The van der Waals surface area contributed by atoms with Crippen molar-refractivity contribution in [2.24, 2.45) is 23.2 Å². The van der Waals surface area contributed by atoms with E-state index in [1.807, 2.05) is 17.0 Å². The predicted molar refractivity (Wildman–Crippen MR) is 101 cm³/mol. The van der Waals surface area contributed by atoms with E-state index < -0.39 is 11.7 Å². The second-order valence-electron chi connectivity index (χ2n) is 10.0. The van der Waals surface area contributed by atoms with Crippen LogP contribution in [0.15, 0.2) is 24.5 Å². The first kappa shape index (κ1) is 17.6. The van der Waals surface area contributed by atoms with Gasteiger partial charge in [-0.1, -0.05) is 0 Å². The van der Waals surface area contributed by atoms with Crippen LogP contribution in [-0.2, 0) is 11.2 Å². The molecule has 4 saturated carbocycles. The van der Waals surface area contributed by atoms with Crippen LogP contribution in [0, 0.1) is 23.2 Å². The summed E-state index contributed by atoms with van der Waals surface area (Å²) in [6, 6.07) is 3.96. The molecule has 5 nitrogen and oxygen atoms in total. The molecular weight excluding hydrogens is 340 g/mol. The Morgan fingerprint density at radius 2 is 1.85 bits per heavy atom. The third-order valence-electron chi connectivity index (χ3n) is 7.68. The molecule has 4 atom stereocenters. The van der Waals surface area contributed by atoms with Crippen molar-refractivity contribution < 1.29 is 15.0 Å². The molecule has 0 radical (unpaired) electrons. The minimum Gasteiger partial charge on any atom is -0.391 e. The molecule has 27 heavy (non-hydrogen) atoms. The molecule has 1 saturated heterocycles. The van der Waals surface area contributed by atoms with E-state index in [0.29, 0.717) is 31.3 Å². The van der Waals surface area contributed by atoms with Gasteiger partial charge in [-0.25, -0.2) is 0 Å². The van der Waals surface area contributed by atoms with E-state index in [1.54, 1.807) is 12.4 Å².